The summed E-state index contributed by atoms with van der Waals surface area (Å²) in [6.45, 7) is 0. The molecule has 1 aliphatic rings. The molecule has 5 nitrogen and oxygen atoms in total. The molecular formula is C12H13N3O2. The predicted molar refractivity (Wildman–Crippen MR) is 61.2 cm³/mol. The zero-order chi connectivity index (χ0) is 11.8. The van der Waals surface area contributed by atoms with Crippen LogP contribution in [0.2, 0.25) is 0 Å². The summed E-state index contributed by atoms with van der Waals surface area (Å²) in [7, 11) is 0. The van der Waals surface area contributed by atoms with Crippen LogP contribution in [-0.4, -0.2) is 25.7 Å². The third-order valence-electron chi connectivity index (χ3n) is 3.43. The van der Waals surface area contributed by atoms with Gasteiger partial charge >= 0.3 is 5.97 Å². The van der Waals surface area contributed by atoms with Gasteiger partial charge in [0, 0.05) is 17.8 Å². The Bertz CT molecular complexity index is 570. The highest BCUT2D eigenvalue weighted by molar-refractivity contribution is 5.94. The number of aromatic nitrogens is 3. The first-order valence-electron chi connectivity index (χ1n) is 5.83. The normalized spacial score (nSPS) is 16.7. The molecule has 0 spiro atoms. The Labute approximate surface area is 98.1 Å². The fourth-order valence-electron chi connectivity index (χ4n) is 2.59. The molecule has 0 aliphatic heterocycles. The SMILES string of the molecule is O=C(O)c1cnn2c(C3CCCC3)ccnc12. The van der Waals surface area contributed by atoms with Crippen molar-refractivity contribution in [2.24, 2.45) is 0 Å². The van der Waals surface area contributed by atoms with Crippen LogP contribution in [0.15, 0.2) is 18.5 Å². The van der Waals surface area contributed by atoms with E-state index in [9.17, 15) is 4.79 Å². The maximum Gasteiger partial charge on any atom is 0.341 e. The molecule has 1 fully saturated rings. The summed E-state index contributed by atoms with van der Waals surface area (Å²) in [5.74, 6) is -0.488. The predicted octanol–water partition coefficient (Wildman–Crippen LogP) is 2.09. The molecule has 0 saturated heterocycles. The van der Waals surface area contributed by atoms with Gasteiger partial charge in [0.1, 0.15) is 5.56 Å². The maximum atomic E-state index is 11.0. The van der Waals surface area contributed by atoms with E-state index in [0.717, 1.165) is 18.5 Å². The van der Waals surface area contributed by atoms with Crippen LogP contribution < -0.4 is 0 Å². The first kappa shape index (κ1) is 10.3. The number of hydrogen-bond donors (Lipinski definition) is 1. The summed E-state index contributed by atoms with van der Waals surface area (Å²) in [4.78, 5) is 15.1. The Morgan fingerprint density at radius 2 is 2.18 bits per heavy atom. The molecular weight excluding hydrogens is 218 g/mol. The van der Waals surface area contributed by atoms with Crippen molar-refractivity contribution in [2.45, 2.75) is 31.6 Å². The lowest BCUT2D eigenvalue weighted by molar-refractivity contribution is 0.0699. The Balaban J connectivity index is 2.16. The van der Waals surface area contributed by atoms with Crippen LogP contribution in [0.3, 0.4) is 0 Å². The van der Waals surface area contributed by atoms with Crippen molar-refractivity contribution >= 4 is 11.6 Å². The third-order valence-corrected chi connectivity index (χ3v) is 3.43. The molecule has 0 aromatic carbocycles. The van der Waals surface area contributed by atoms with Crippen LogP contribution in [0.4, 0.5) is 0 Å². The van der Waals surface area contributed by atoms with Crippen LogP contribution in [0.5, 0.6) is 0 Å². The van der Waals surface area contributed by atoms with E-state index in [1.807, 2.05) is 6.07 Å². The van der Waals surface area contributed by atoms with Gasteiger partial charge in [-0.25, -0.2) is 14.3 Å². The van der Waals surface area contributed by atoms with Gasteiger partial charge in [0.05, 0.1) is 6.20 Å². The Kier molecular flexibility index (Phi) is 2.31. The average Bonchev–Trinajstić information content (AvgIpc) is 2.97. The van der Waals surface area contributed by atoms with E-state index in [1.165, 1.54) is 19.0 Å². The van der Waals surface area contributed by atoms with Gasteiger partial charge in [0.25, 0.3) is 0 Å². The minimum atomic E-state index is -0.976. The number of rotatable bonds is 2. The lowest BCUT2D eigenvalue weighted by atomic mass is 10.0. The van der Waals surface area contributed by atoms with E-state index in [2.05, 4.69) is 10.1 Å². The highest BCUT2D eigenvalue weighted by Gasteiger charge is 2.22. The van der Waals surface area contributed by atoms with Crippen molar-refractivity contribution in [3.63, 3.8) is 0 Å². The largest absolute Gasteiger partial charge is 0.477 e. The summed E-state index contributed by atoms with van der Waals surface area (Å²) in [6, 6.07) is 1.95. The van der Waals surface area contributed by atoms with Gasteiger partial charge < -0.3 is 5.11 Å². The molecule has 88 valence electrons. The van der Waals surface area contributed by atoms with E-state index >= 15 is 0 Å². The molecule has 0 unspecified atom stereocenters. The van der Waals surface area contributed by atoms with E-state index in [-0.39, 0.29) is 5.56 Å². The zero-order valence-corrected chi connectivity index (χ0v) is 9.33. The van der Waals surface area contributed by atoms with Crippen LogP contribution >= 0.6 is 0 Å². The van der Waals surface area contributed by atoms with Gasteiger partial charge in [-0.1, -0.05) is 12.8 Å². The Hall–Kier alpha value is -1.91. The molecule has 0 amide bonds. The van der Waals surface area contributed by atoms with E-state index in [4.69, 9.17) is 5.11 Å². The van der Waals surface area contributed by atoms with Crippen molar-refractivity contribution in [2.75, 3.05) is 0 Å². The second-order valence-electron chi connectivity index (χ2n) is 4.45. The fraction of sp³-hybridized carbons (Fsp3) is 0.417. The second-order valence-corrected chi connectivity index (χ2v) is 4.45. The lowest BCUT2D eigenvalue weighted by Crippen LogP contribution is -2.05. The average molecular weight is 231 g/mol. The van der Waals surface area contributed by atoms with E-state index < -0.39 is 5.97 Å². The maximum absolute atomic E-state index is 11.0. The Morgan fingerprint density at radius 3 is 2.88 bits per heavy atom. The molecule has 1 aliphatic carbocycles. The van der Waals surface area contributed by atoms with Gasteiger partial charge in [-0.05, 0) is 18.9 Å². The number of carbonyl (C=O) groups is 1. The number of carboxylic acids is 1. The van der Waals surface area contributed by atoms with Crippen LogP contribution in [0, 0.1) is 0 Å². The fourth-order valence-corrected chi connectivity index (χ4v) is 2.59. The highest BCUT2D eigenvalue weighted by Crippen LogP contribution is 2.33. The first-order valence-corrected chi connectivity index (χ1v) is 5.83. The molecule has 5 heteroatoms. The molecule has 0 atom stereocenters. The monoisotopic (exact) mass is 231 g/mol. The van der Waals surface area contributed by atoms with Crippen molar-refractivity contribution in [1.29, 1.82) is 0 Å². The molecule has 2 aromatic rings. The molecule has 3 rings (SSSR count). The van der Waals surface area contributed by atoms with Gasteiger partial charge in [0.2, 0.25) is 0 Å². The van der Waals surface area contributed by atoms with Gasteiger partial charge in [0.15, 0.2) is 5.65 Å². The van der Waals surface area contributed by atoms with Crippen LogP contribution in [0.1, 0.15) is 47.7 Å². The third kappa shape index (κ3) is 1.58. The molecule has 2 aromatic heterocycles. The van der Waals surface area contributed by atoms with Crippen LogP contribution in [-0.2, 0) is 0 Å². The minimum absolute atomic E-state index is 0.171. The number of hydrogen-bond acceptors (Lipinski definition) is 3. The molecule has 17 heavy (non-hydrogen) atoms. The lowest BCUT2D eigenvalue weighted by Gasteiger charge is -2.10. The number of nitrogens with zero attached hydrogens (tertiary/aromatic N) is 3. The smallest absolute Gasteiger partial charge is 0.341 e. The van der Waals surface area contributed by atoms with Gasteiger partial charge in [-0.2, -0.15) is 5.10 Å². The quantitative estimate of drug-likeness (QED) is 0.859. The summed E-state index contributed by atoms with van der Waals surface area (Å²) < 4.78 is 1.68. The van der Waals surface area contributed by atoms with Crippen molar-refractivity contribution < 1.29 is 9.90 Å². The summed E-state index contributed by atoms with van der Waals surface area (Å²) in [6.07, 6.45) is 7.84. The molecule has 0 bridgehead atoms. The number of aromatic carboxylic acids is 1. The second kappa shape index (κ2) is 3.84. The van der Waals surface area contributed by atoms with Gasteiger partial charge in [-0.3, -0.25) is 0 Å². The van der Waals surface area contributed by atoms with Crippen molar-refractivity contribution in [1.82, 2.24) is 14.6 Å². The summed E-state index contributed by atoms with van der Waals surface area (Å²) in [5, 5.41) is 13.2. The standard InChI is InChI=1S/C12H13N3O2/c16-12(17)9-7-14-15-10(5-6-13-11(9)15)8-3-1-2-4-8/h5-8H,1-4H2,(H,16,17). The zero-order valence-electron chi connectivity index (χ0n) is 9.33. The highest BCUT2D eigenvalue weighted by atomic mass is 16.4. The number of fused-ring (bicyclic) bond motifs is 1. The van der Waals surface area contributed by atoms with Gasteiger partial charge in [-0.15, -0.1) is 0 Å². The van der Waals surface area contributed by atoms with Crippen molar-refractivity contribution in [3.8, 4) is 0 Å². The van der Waals surface area contributed by atoms with E-state index in [1.54, 1.807) is 10.7 Å². The van der Waals surface area contributed by atoms with E-state index in [0.29, 0.717) is 11.6 Å². The Morgan fingerprint density at radius 1 is 1.41 bits per heavy atom. The molecule has 1 saturated carbocycles. The molecule has 1 N–H and O–H groups in total. The van der Waals surface area contributed by atoms with Crippen molar-refractivity contribution in [3.05, 3.63) is 29.7 Å². The molecule has 0 radical (unpaired) electrons. The minimum Gasteiger partial charge on any atom is -0.477 e. The first-order chi connectivity index (χ1) is 8.27. The molecule has 2 heterocycles. The van der Waals surface area contributed by atoms with Crippen LogP contribution in [0.25, 0.3) is 5.65 Å². The number of carboxylic acid groups (broad SMARTS) is 1. The summed E-state index contributed by atoms with van der Waals surface area (Å²) >= 11 is 0. The topological polar surface area (TPSA) is 67.5 Å². The summed E-state index contributed by atoms with van der Waals surface area (Å²) in [5.41, 5.74) is 1.70.